The van der Waals surface area contributed by atoms with Crippen molar-refractivity contribution in [3.63, 3.8) is 0 Å². The van der Waals surface area contributed by atoms with E-state index < -0.39 is 18.0 Å². The molecule has 0 fully saturated rings. The largest absolute Gasteiger partial charge is 0.480 e. The molecule has 1 aromatic heterocycles. The Kier molecular flexibility index (Phi) is 6.55. The number of nitrogens with one attached hydrogen (secondary N) is 2. The molecule has 2 atom stereocenters. The van der Waals surface area contributed by atoms with Crippen molar-refractivity contribution in [3.05, 3.63) is 18.7 Å². The number of urea groups is 1. The number of rotatable bonds is 8. The van der Waals surface area contributed by atoms with Crippen LogP contribution in [-0.4, -0.2) is 38.7 Å². The van der Waals surface area contributed by atoms with Crippen LogP contribution in [-0.2, 0) is 11.3 Å². The summed E-state index contributed by atoms with van der Waals surface area (Å²) in [6, 6.07) is -1.42. The number of unbranched alkanes of at least 4 members (excludes halogenated alkanes) is 1. The molecule has 0 radical (unpaired) electrons. The fourth-order valence-electron chi connectivity index (χ4n) is 1.85. The highest BCUT2D eigenvalue weighted by molar-refractivity contribution is 5.82. The number of carboxylic acid groups (broad SMARTS) is 1. The summed E-state index contributed by atoms with van der Waals surface area (Å²) in [6.07, 6.45) is 7.23. The van der Waals surface area contributed by atoms with Crippen LogP contribution in [0.4, 0.5) is 4.79 Å². The van der Waals surface area contributed by atoms with E-state index in [0.29, 0.717) is 13.0 Å². The molecule has 0 aliphatic carbocycles. The van der Waals surface area contributed by atoms with Crippen LogP contribution in [0.1, 0.15) is 33.1 Å². The summed E-state index contributed by atoms with van der Waals surface area (Å²) < 4.78 is 1.84. The first-order valence-corrected chi connectivity index (χ1v) is 6.78. The van der Waals surface area contributed by atoms with Crippen molar-refractivity contribution in [1.29, 1.82) is 0 Å². The SMILES string of the molecule is CCCCC(NC(=O)NC(C)Cn1ccnc1)C(=O)O. The molecule has 0 aliphatic rings. The zero-order valence-corrected chi connectivity index (χ0v) is 11.9. The second-order valence-electron chi connectivity index (χ2n) is 4.81. The first-order valence-electron chi connectivity index (χ1n) is 6.78. The third-order valence-corrected chi connectivity index (χ3v) is 2.87. The van der Waals surface area contributed by atoms with Crippen LogP contribution in [0.2, 0.25) is 0 Å². The smallest absolute Gasteiger partial charge is 0.326 e. The Bertz CT molecular complexity index is 419. The maximum Gasteiger partial charge on any atom is 0.326 e. The molecule has 3 N–H and O–H groups in total. The Morgan fingerprint density at radius 2 is 2.15 bits per heavy atom. The van der Waals surface area contributed by atoms with E-state index in [0.717, 1.165) is 12.8 Å². The van der Waals surface area contributed by atoms with Gasteiger partial charge in [-0.05, 0) is 13.3 Å². The van der Waals surface area contributed by atoms with E-state index in [1.165, 1.54) is 0 Å². The Morgan fingerprint density at radius 1 is 1.40 bits per heavy atom. The number of nitrogens with zero attached hydrogens (tertiary/aromatic N) is 2. The Hall–Kier alpha value is -2.05. The van der Waals surface area contributed by atoms with Crippen molar-refractivity contribution in [2.75, 3.05) is 0 Å². The van der Waals surface area contributed by atoms with Crippen LogP contribution in [0.5, 0.6) is 0 Å². The van der Waals surface area contributed by atoms with E-state index in [4.69, 9.17) is 5.11 Å². The third-order valence-electron chi connectivity index (χ3n) is 2.87. The van der Waals surface area contributed by atoms with Crippen molar-refractivity contribution in [2.24, 2.45) is 0 Å². The number of imidazole rings is 1. The summed E-state index contributed by atoms with van der Waals surface area (Å²) in [5.41, 5.74) is 0. The van der Waals surface area contributed by atoms with Gasteiger partial charge in [0.2, 0.25) is 0 Å². The molecule has 1 rings (SSSR count). The van der Waals surface area contributed by atoms with Crippen LogP contribution in [0, 0.1) is 0 Å². The van der Waals surface area contributed by atoms with E-state index in [1.807, 2.05) is 18.4 Å². The van der Waals surface area contributed by atoms with Gasteiger partial charge in [0.15, 0.2) is 0 Å². The second kappa shape index (κ2) is 8.19. The van der Waals surface area contributed by atoms with Gasteiger partial charge in [-0.25, -0.2) is 14.6 Å². The minimum absolute atomic E-state index is 0.121. The first-order chi connectivity index (χ1) is 9.52. The number of hydrogen-bond acceptors (Lipinski definition) is 3. The molecule has 0 saturated heterocycles. The minimum Gasteiger partial charge on any atom is -0.480 e. The number of carbonyl (C=O) groups is 2. The monoisotopic (exact) mass is 282 g/mol. The maximum atomic E-state index is 11.7. The zero-order chi connectivity index (χ0) is 15.0. The molecule has 7 nitrogen and oxygen atoms in total. The molecule has 1 aromatic rings. The van der Waals surface area contributed by atoms with Gasteiger partial charge in [-0.2, -0.15) is 0 Å². The van der Waals surface area contributed by atoms with Crippen molar-refractivity contribution in [3.8, 4) is 0 Å². The lowest BCUT2D eigenvalue weighted by Crippen LogP contribution is -2.49. The molecule has 0 bridgehead atoms. The van der Waals surface area contributed by atoms with Crippen molar-refractivity contribution >= 4 is 12.0 Å². The van der Waals surface area contributed by atoms with Gasteiger partial charge >= 0.3 is 12.0 Å². The standard InChI is InChI=1S/C13H22N4O3/c1-3-4-5-11(12(18)19)16-13(20)15-10(2)8-17-7-6-14-9-17/h6-7,9-11H,3-5,8H2,1-2H3,(H,18,19)(H2,15,16,20). The van der Waals surface area contributed by atoms with Crippen molar-refractivity contribution in [1.82, 2.24) is 20.2 Å². The van der Waals surface area contributed by atoms with Crippen LogP contribution in [0.25, 0.3) is 0 Å². The second-order valence-corrected chi connectivity index (χ2v) is 4.81. The fourth-order valence-corrected chi connectivity index (χ4v) is 1.85. The molecule has 112 valence electrons. The summed E-state index contributed by atoms with van der Waals surface area (Å²) >= 11 is 0. The molecule has 0 aliphatic heterocycles. The van der Waals surface area contributed by atoms with Gasteiger partial charge in [0, 0.05) is 25.0 Å². The average Bonchev–Trinajstić information content (AvgIpc) is 2.86. The molecule has 20 heavy (non-hydrogen) atoms. The quantitative estimate of drug-likeness (QED) is 0.668. The predicted molar refractivity (Wildman–Crippen MR) is 74.3 cm³/mol. The number of hydrogen-bond donors (Lipinski definition) is 3. The molecule has 2 unspecified atom stereocenters. The molecule has 1 heterocycles. The van der Waals surface area contributed by atoms with Gasteiger partial charge in [0.05, 0.1) is 6.33 Å². The molecule has 0 aromatic carbocycles. The van der Waals surface area contributed by atoms with E-state index in [9.17, 15) is 9.59 Å². The predicted octanol–water partition coefficient (Wildman–Crippen LogP) is 1.21. The third kappa shape index (κ3) is 5.73. The van der Waals surface area contributed by atoms with E-state index >= 15 is 0 Å². The molecule has 0 spiro atoms. The van der Waals surface area contributed by atoms with Gasteiger partial charge < -0.3 is 20.3 Å². The number of carboxylic acids is 1. The van der Waals surface area contributed by atoms with Crippen LogP contribution in [0.15, 0.2) is 18.7 Å². The highest BCUT2D eigenvalue weighted by atomic mass is 16.4. The van der Waals surface area contributed by atoms with Gasteiger partial charge in [-0.1, -0.05) is 19.8 Å². The molecule has 7 heteroatoms. The van der Waals surface area contributed by atoms with Crippen molar-refractivity contribution in [2.45, 2.75) is 51.7 Å². The fraction of sp³-hybridized carbons (Fsp3) is 0.615. The minimum atomic E-state index is -1.00. The summed E-state index contributed by atoms with van der Waals surface area (Å²) in [7, 11) is 0. The van der Waals surface area contributed by atoms with E-state index in [1.54, 1.807) is 18.7 Å². The topological polar surface area (TPSA) is 96.3 Å². The maximum absolute atomic E-state index is 11.7. The molecule has 2 amide bonds. The lowest BCUT2D eigenvalue weighted by molar-refractivity contribution is -0.139. The van der Waals surface area contributed by atoms with Gasteiger partial charge in [-0.15, -0.1) is 0 Å². The van der Waals surface area contributed by atoms with E-state index in [-0.39, 0.29) is 6.04 Å². The summed E-state index contributed by atoms with van der Waals surface area (Å²) in [6.45, 7) is 4.41. The molecular weight excluding hydrogens is 260 g/mol. The van der Waals surface area contributed by atoms with Crippen LogP contribution in [0.3, 0.4) is 0 Å². The lowest BCUT2D eigenvalue weighted by atomic mass is 10.1. The Morgan fingerprint density at radius 3 is 2.70 bits per heavy atom. The number of aliphatic carboxylic acids is 1. The molecule has 0 saturated carbocycles. The van der Waals surface area contributed by atoms with Gasteiger partial charge in [0.1, 0.15) is 6.04 Å². The number of carbonyl (C=O) groups excluding carboxylic acids is 1. The number of aromatic nitrogens is 2. The zero-order valence-electron chi connectivity index (χ0n) is 11.9. The highest BCUT2D eigenvalue weighted by Gasteiger charge is 2.19. The van der Waals surface area contributed by atoms with E-state index in [2.05, 4.69) is 15.6 Å². The van der Waals surface area contributed by atoms with Crippen molar-refractivity contribution < 1.29 is 14.7 Å². The summed E-state index contributed by atoms with van der Waals surface area (Å²) in [5.74, 6) is -1.00. The normalized spacial score (nSPS) is 13.5. The lowest BCUT2D eigenvalue weighted by Gasteiger charge is -2.18. The van der Waals surface area contributed by atoms with Crippen LogP contribution >= 0.6 is 0 Å². The van der Waals surface area contributed by atoms with Gasteiger partial charge in [0.25, 0.3) is 0 Å². The summed E-state index contributed by atoms with van der Waals surface area (Å²) in [4.78, 5) is 26.7. The Balaban J connectivity index is 2.38. The molecular formula is C13H22N4O3. The highest BCUT2D eigenvalue weighted by Crippen LogP contribution is 2.01. The average molecular weight is 282 g/mol. The Labute approximate surface area is 118 Å². The van der Waals surface area contributed by atoms with Gasteiger partial charge in [-0.3, -0.25) is 0 Å². The summed E-state index contributed by atoms with van der Waals surface area (Å²) in [5, 5.41) is 14.2. The number of amides is 2. The van der Waals surface area contributed by atoms with Crippen LogP contribution < -0.4 is 10.6 Å². The first kappa shape index (κ1) is 16.0.